The highest BCUT2D eigenvalue weighted by Crippen LogP contribution is 2.33. The lowest BCUT2D eigenvalue weighted by Gasteiger charge is -2.32. The van der Waals surface area contributed by atoms with Crippen LogP contribution in [0.5, 0.6) is 0 Å². The first-order valence-corrected chi connectivity index (χ1v) is 9.02. The van der Waals surface area contributed by atoms with E-state index in [0.29, 0.717) is 12.3 Å². The summed E-state index contributed by atoms with van der Waals surface area (Å²) in [5, 5.41) is 14.1. The number of carbonyl (C=O) groups is 1. The number of amides is 1. The Morgan fingerprint density at radius 3 is 3.04 bits per heavy atom. The molecule has 1 aromatic carbocycles. The minimum absolute atomic E-state index is 0.221. The number of benzene rings is 1. The molecule has 1 saturated heterocycles. The minimum atomic E-state index is -0.408. The van der Waals surface area contributed by atoms with Gasteiger partial charge < -0.3 is 15.3 Å². The molecule has 0 spiro atoms. The number of aliphatic hydroxyl groups is 1. The molecule has 2 heterocycles. The second kappa shape index (κ2) is 7.45. The predicted molar refractivity (Wildman–Crippen MR) is 92.6 cm³/mol. The first-order chi connectivity index (χ1) is 11.2. The zero-order chi connectivity index (χ0) is 16.2. The SMILES string of the molecule is CCCC(=O)N1CCCc2cc(C(O)C3CCCNC3)ccc21. The minimum Gasteiger partial charge on any atom is -0.388 e. The summed E-state index contributed by atoms with van der Waals surface area (Å²) >= 11 is 0. The highest BCUT2D eigenvalue weighted by Gasteiger charge is 2.26. The molecule has 4 nitrogen and oxygen atoms in total. The van der Waals surface area contributed by atoms with Crippen molar-refractivity contribution >= 4 is 11.6 Å². The fraction of sp³-hybridized carbons (Fsp3) is 0.632. The predicted octanol–water partition coefficient (Wildman–Crippen LogP) is 2.80. The molecule has 2 aliphatic heterocycles. The van der Waals surface area contributed by atoms with Crippen molar-refractivity contribution in [2.75, 3.05) is 24.5 Å². The number of rotatable bonds is 4. The molecular weight excluding hydrogens is 288 g/mol. The van der Waals surface area contributed by atoms with Crippen LogP contribution in [0.25, 0.3) is 0 Å². The molecule has 0 aromatic heterocycles. The van der Waals surface area contributed by atoms with Crippen molar-refractivity contribution in [2.45, 2.75) is 51.6 Å². The second-order valence-corrected chi connectivity index (χ2v) is 6.84. The molecule has 4 heteroatoms. The number of hydrogen-bond donors (Lipinski definition) is 2. The number of piperidine rings is 1. The van der Waals surface area contributed by atoms with E-state index in [1.165, 1.54) is 5.56 Å². The summed E-state index contributed by atoms with van der Waals surface area (Å²) < 4.78 is 0. The van der Waals surface area contributed by atoms with E-state index < -0.39 is 6.10 Å². The lowest BCUT2D eigenvalue weighted by Crippen LogP contribution is -2.35. The fourth-order valence-corrected chi connectivity index (χ4v) is 3.83. The maximum atomic E-state index is 12.3. The molecule has 2 unspecified atom stereocenters. The van der Waals surface area contributed by atoms with E-state index in [-0.39, 0.29) is 5.91 Å². The molecule has 0 aliphatic carbocycles. The fourth-order valence-electron chi connectivity index (χ4n) is 3.83. The number of aryl methyl sites for hydroxylation is 1. The summed E-state index contributed by atoms with van der Waals surface area (Å²) in [5.74, 6) is 0.515. The maximum absolute atomic E-state index is 12.3. The highest BCUT2D eigenvalue weighted by molar-refractivity contribution is 5.94. The lowest BCUT2D eigenvalue weighted by atomic mass is 9.87. The average Bonchev–Trinajstić information content (AvgIpc) is 2.61. The molecule has 1 amide bonds. The van der Waals surface area contributed by atoms with E-state index in [4.69, 9.17) is 0 Å². The third kappa shape index (κ3) is 3.59. The summed E-state index contributed by atoms with van der Waals surface area (Å²) in [6, 6.07) is 6.17. The average molecular weight is 316 g/mol. The Morgan fingerprint density at radius 1 is 1.43 bits per heavy atom. The summed E-state index contributed by atoms with van der Waals surface area (Å²) in [5.41, 5.74) is 3.26. The Kier molecular flexibility index (Phi) is 5.34. The Balaban J connectivity index is 1.79. The number of carbonyl (C=O) groups excluding carboxylic acids is 1. The third-order valence-corrected chi connectivity index (χ3v) is 5.11. The Labute approximate surface area is 138 Å². The summed E-state index contributed by atoms with van der Waals surface area (Å²) in [6.07, 6.45) is 5.29. The highest BCUT2D eigenvalue weighted by atomic mass is 16.3. The van der Waals surface area contributed by atoms with Gasteiger partial charge in [0, 0.05) is 31.1 Å². The van der Waals surface area contributed by atoms with Crippen molar-refractivity contribution in [3.63, 3.8) is 0 Å². The Morgan fingerprint density at radius 2 is 2.30 bits per heavy atom. The van der Waals surface area contributed by atoms with Gasteiger partial charge in [0.1, 0.15) is 0 Å². The summed E-state index contributed by atoms with van der Waals surface area (Å²) in [4.78, 5) is 14.2. The van der Waals surface area contributed by atoms with Crippen LogP contribution >= 0.6 is 0 Å². The van der Waals surface area contributed by atoms with Crippen molar-refractivity contribution in [1.82, 2.24) is 5.32 Å². The van der Waals surface area contributed by atoms with Crippen LogP contribution in [-0.2, 0) is 11.2 Å². The van der Waals surface area contributed by atoms with Gasteiger partial charge in [-0.2, -0.15) is 0 Å². The van der Waals surface area contributed by atoms with Crippen LogP contribution in [0.4, 0.5) is 5.69 Å². The Bertz CT molecular complexity index is 552. The molecule has 1 fully saturated rings. The van der Waals surface area contributed by atoms with E-state index in [2.05, 4.69) is 11.4 Å². The molecule has 23 heavy (non-hydrogen) atoms. The Hall–Kier alpha value is -1.39. The zero-order valence-corrected chi connectivity index (χ0v) is 14.1. The van der Waals surface area contributed by atoms with Crippen LogP contribution in [0.15, 0.2) is 18.2 Å². The lowest BCUT2D eigenvalue weighted by molar-refractivity contribution is -0.118. The maximum Gasteiger partial charge on any atom is 0.226 e. The first-order valence-electron chi connectivity index (χ1n) is 9.02. The normalized spacial score (nSPS) is 22.5. The van der Waals surface area contributed by atoms with Crippen molar-refractivity contribution < 1.29 is 9.90 Å². The van der Waals surface area contributed by atoms with Crippen LogP contribution < -0.4 is 10.2 Å². The van der Waals surface area contributed by atoms with E-state index in [1.54, 1.807) is 0 Å². The van der Waals surface area contributed by atoms with E-state index >= 15 is 0 Å². The van der Waals surface area contributed by atoms with Crippen molar-refractivity contribution in [3.05, 3.63) is 29.3 Å². The van der Waals surface area contributed by atoms with E-state index in [9.17, 15) is 9.90 Å². The number of nitrogens with zero attached hydrogens (tertiary/aromatic N) is 1. The molecule has 2 aliphatic rings. The molecule has 1 aromatic rings. The second-order valence-electron chi connectivity index (χ2n) is 6.84. The van der Waals surface area contributed by atoms with E-state index in [1.807, 2.05) is 24.0 Å². The van der Waals surface area contributed by atoms with Crippen molar-refractivity contribution in [2.24, 2.45) is 5.92 Å². The van der Waals surface area contributed by atoms with Crippen LogP contribution in [-0.4, -0.2) is 30.6 Å². The quantitative estimate of drug-likeness (QED) is 0.898. The number of fused-ring (bicyclic) bond motifs is 1. The smallest absolute Gasteiger partial charge is 0.226 e. The number of hydrogen-bond acceptors (Lipinski definition) is 3. The largest absolute Gasteiger partial charge is 0.388 e. The molecular formula is C19H28N2O2. The summed E-state index contributed by atoms with van der Waals surface area (Å²) in [6.45, 7) is 4.81. The van der Waals surface area contributed by atoms with Gasteiger partial charge in [-0.25, -0.2) is 0 Å². The molecule has 3 rings (SSSR count). The molecule has 0 saturated carbocycles. The van der Waals surface area contributed by atoms with Gasteiger partial charge in [-0.3, -0.25) is 4.79 Å². The van der Waals surface area contributed by atoms with Crippen molar-refractivity contribution in [3.8, 4) is 0 Å². The number of anilines is 1. The van der Waals surface area contributed by atoms with Gasteiger partial charge in [0.15, 0.2) is 0 Å². The van der Waals surface area contributed by atoms with Crippen molar-refractivity contribution in [1.29, 1.82) is 0 Å². The van der Waals surface area contributed by atoms with Crippen LogP contribution in [0.1, 0.15) is 56.3 Å². The molecule has 2 atom stereocenters. The van der Waals surface area contributed by atoms with Gasteiger partial charge in [-0.1, -0.05) is 19.1 Å². The van der Waals surface area contributed by atoms with Gasteiger partial charge >= 0.3 is 0 Å². The monoisotopic (exact) mass is 316 g/mol. The van der Waals surface area contributed by atoms with Crippen LogP contribution in [0.2, 0.25) is 0 Å². The van der Waals surface area contributed by atoms with Crippen LogP contribution in [0, 0.1) is 5.92 Å². The molecule has 126 valence electrons. The van der Waals surface area contributed by atoms with Crippen LogP contribution in [0.3, 0.4) is 0 Å². The van der Waals surface area contributed by atoms with Gasteiger partial charge in [0.25, 0.3) is 0 Å². The third-order valence-electron chi connectivity index (χ3n) is 5.11. The molecule has 2 N–H and O–H groups in total. The first kappa shape index (κ1) is 16.5. The molecule has 0 radical (unpaired) electrons. The van der Waals surface area contributed by atoms with Gasteiger partial charge in [0.05, 0.1) is 6.10 Å². The van der Waals surface area contributed by atoms with Gasteiger partial charge in [0.2, 0.25) is 5.91 Å². The topological polar surface area (TPSA) is 52.6 Å². The number of aliphatic hydroxyl groups excluding tert-OH is 1. The van der Waals surface area contributed by atoms with Gasteiger partial charge in [-0.05, 0) is 55.8 Å². The van der Waals surface area contributed by atoms with E-state index in [0.717, 1.165) is 63.0 Å². The zero-order valence-electron chi connectivity index (χ0n) is 14.1. The van der Waals surface area contributed by atoms with Gasteiger partial charge in [-0.15, -0.1) is 0 Å². The molecule has 0 bridgehead atoms. The number of nitrogens with one attached hydrogen (secondary N) is 1. The summed E-state index contributed by atoms with van der Waals surface area (Å²) in [7, 11) is 0. The standard InChI is InChI=1S/C19H28N2O2/c1-2-5-18(22)21-11-4-7-14-12-15(8-9-17(14)21)19(23)16-6-3-10-20-13-16/h8-9,12,16,19-20,23H,2-7,10-11,13H2,1H3.